The molecular weight excluding hydrogens is 503 g/mol. The summed E-state index contributed by atoms with van der Waals surface area (Å²) in [7, 11) is 5.44. The van der Waals surface area contributed by atoms with E-state index in [1.807, 2.05) is 5.32 Å². The largest absolute Gasteiger partial charge is 0.493 e. The van der Waals surface area contributed by atoms with Crippen molar-refractivity contribution in [2.75, 3.05) is 41.8 Å². The van der Waals surface area contributed by atoms with Crippen LogP contribution in [0.15, 0.2) is 18.2 Å². The highest BCUT2D eigenvalue weighted by atomic mass is 19.4. The SMILES string of the molecule is COC(=O)c1c([C@H]2O[C@@H]2c2c(CCNC(=O)C(F)(F)F)cc3c(c2OC)OCO3)ccc(OC)c1OC. The second-order valence-corrected chi connectivity index (χ2v) is 7.95. The molecule has 10 nitrogen and oxygen atoms in total. The number of esters is 1. The van der Waals surface area contributed by atoms with E-state index in [0.29, 0.717) is 33.9 Å². The van der Waals surface area contributed by atoms with Crippen LogP contribution in [0.2, 0.25) is 0 Å². The lowest BCUT2D eigenvalue weighted by Crippen LogP contribution is -2.37. The highest BCUT2D eigenvalue weighted by molar-refractivity contribution is 5.95. The molecule has 1 saturated heterocycles. The number of carbonyl (C=O) groups excluding carboxylic acids is 2. The van der Waals surface area contributed by atoms with Gasteiger partial charge in [0.2, 0.25) is 12.5 Å². The number of epoxide rings is 1. The summed E-state index contributed by atoms with van der Waals surface area (Å²) in [6.45, 7) is -0.383. The molecule has 2 aliphatic rings. The Morgan fingerprint density at radius 3 is 2.38 bits per heavy atom. The summed E-state index contributed by atoms with van der Waals surface area (Å²) in [5.74, 6) is -1.31. The lowest BCUT2D eigenvalue weighted by Gasteiger charge is -2.17. The van der Waals surface area contributed by atoms with Gasteiger partial charge in [-0.3, -0.25) is 4.79 Å². The first-order chi connectivity index (χ1) is 17.7. The standard InChI is InChI=1S/C24H24F3NO9/c1-31-13-6-5-12(16(18(13)32-2)22(29)34-4)17-21(37-17)15-11(7-8-28-23(30)24(25,26)27)9-14-19(20(15)33-3)36-10-35-14/h5-6,9,17,21H,7-8,10H2,1-4H3,(H,28,30)/t17-,21-/m1/s1. The number of hydrogen-bond acceptors (Lipinski definition) is 9. The van der Waals surface area contributed by atoms with Gasteiger partial charge in [0, 0.05) is 17.7 Å². The fraction of sp³-hybridized carbons (Fsp3) is 0.417. The maximum atomic E-state index is 12.7. The van der Waals surface area contributed by atoms with Crippen LogP contribution in [0.4, 0.5) is 13.2 Å². The quantitative estimate of drug-likeness (QED) is 0.388. The van der Waals surface area contributed by atoms with Gasteiger partial charge in [-0.15, -0.1) is 0 Å². The Labute approximate surface area is 209 Å². The van der Waals surface area contributed by atoms with E-state index in [0.717, 1.165) is 0 Å². The molecule has 0 aromatic heterocycles. The number of hydrogen-bond donors (Lipinski definition) is 1. The number of nitrogens with one attached hydrogen (secondary N) is 1. The molecule has 0 saturated carbocycles. The highest BCUT2D eigenvalue weighted by Gasteiger charge is 2.48. The van der Waals surface area contributed by atoms with Crippen molar-refractivity contribution in [3.05, 3.63) is 40.5 Å². The number of methoxy groups -OCH3 is 4. The molecule has 1 amide bonds. The van der Waals surface area contributed by atoms with Crippen molar-refractivity contribution in [1.82, 2.24) is 5.32 Å². The van der Waals surface area contributed by atoms with Crippen molar-refractivity contribution in [3.63, 3.8) is 0 Å². The summed E-state index contributed by atoms with van der Waals surface area (Å²) < 4.78 is 76.1. The molecule has 0 spiro atoms. The van der Waals surface area contributed by atoms with Crippen LogP contribution in [0.25, 0.3) is 0 Å². The zero-order valence-electron chi connectivity index (χ0n) is 20.3. The Bertz CT molecular complexity index is 1220. The molecule has 200 valence electrons. The molecule has 2 heterocycles. The van der Waals surface area contributed by atoms with E-state index in [1.165, 1.54) is 28.4 Å². The number of amides is 1. The van der Waals surface area contributed by atoms with E-state index >= 15 is 0 Å². The first kappa shape index (κ1) is 26.2. The van der Waals surface area contributed by atoms with Gasteiger partial charge < -0.3 is 38.5 Å². The number of carbonyl (C=O) groups is 2. The predicted octanol–water partition coefficient (Wildman–Crippen LogP) is 3.26. The molecule has 0 unspecified atom stereocenters. The predicted molar refractivity (Wildman–Crippen MR) is 119 cm³/mol. The van der Waals surface area contributed by atoms with Crippen molar-refractivity contribution >= 4 is 11.9 Å². The van der Waals surface area contributed by atoms with E-state index in [9.17, 15) is 22.8 Å². The molecule has 2 aromatic carbocycles. The number of alkyl halides is 3. The van der Waals surface area contributed by atoms with E-state index in [2.05, 4.69) is 0 Å². The van der Waals surface area contributed by atoms with Crippen LogP contribution in [-0.2, 0) is 20.7 Å². The van der Waals surface area contributed by atoms with Gasteiger partial charge in [-0.25, -0.2) is 4.79 Å². The number of benzene rings is 2. The molecule has 0 bridgehead atoms. The summed E-state index contributed by atoms with van der Waals surface area (Å²) in [6.07, 6.45) is -6.32. The molecule has 2 atom stereocenters. The van der Waals surface area contributed by atoms with E-state index in [4.69, 9.17) is 33.2 Å². The molecule has 0 radical (unpaired) electrons. The van der Waals surface area contributed by atoms with E-state index < -0.39 is 30.3 Å². The number of fused-ring (bicyclic) bond motifs is 1. The van der Waals surface area contributed by atoms with Crippen LogP contribution in [0, 0.1) is 0 Å². The highest BCUT2D eigenvalue weighted by Crippen LogP contribution is 2.59. The van der Waals surface area contributed by atoms with Crippen LogP contribution < -0.4 is 29.0 Å². The van der Waals surface area contributed by atoms with Gasteiger partial charge in [-0.1, -0.05) is 6.07 Å². The zero-order chi connectivity index (χ0) is 26.9. The minimum atomic E-state index is -5.00. The normalized spacial score (nSPS) is 17.7. The average Bonchev–Trinajstić information content (AvgIpc) is 3.52. The van der Waals surface area contributed by atoms with Gasteiger partial charge in [0.05, 0.1) is 28.4 Å². The molecule has 1 N–H and O–H groups in total. The van der Waals surface area contributed by atoms with Crippen molar-refractivity contribution in [2.24, 2.45) is 0 Å². The molecule has 0 aliphatic carbocycles. The van der Waals surface area contributed by atoms with Crippen LogP contribution >= 0.6 is 0 Å². The first-order valence-electron chi connectivity index (χ1n) is 11.0. The van der Waals surface area contributed by atoms with E-state index in [1.54, 1.807) is 18.2 Å². The lowest BCUT2D eigenvalue weighted by molar-refractivity contribution is -0.173. The van der Waals surface area contributed by atoms with Crippen LogP contribution in [0.3, 0.4) is 0 Å². The summed E-state index contributed by atoms with van der Waals surface area (Å²) in [5, 5.41) is 1.86. The van der Waals surface area contributed by atoms with Gasteiger partial charge >= 0.3 is 18.1 Å². The van der Waals surface area contributed by atoms with Crippen molar-refractivity contribution in [1.29, 1.82) is 0 Å². The monoisotopic (exact) mass is 527 g/mol. The summed E-state index contributed by atoms with van der Waals surface area (Å²) in [4.78, 5) is 24.0. The van der Waals surface area contributed by atoms with Crippen LogP contribution in [0.1, 0.15) is 39.3 Å². The van der Waals surface area contributed by atoms with Gasteiger partial charge in [0.1, 0.15) is 17.8 Å². The number of halogens is 3. The Morgan fingerprint density at radius 2 is 1.76 bits per heavy atom. The van der Waals surface area contributed by atoms with E-state index in [-0.39, 0.29) is 36.8 Å². The first-order valence-corrected chi connectivity index (χ1v) is 11.0. The van der Waals surface area contributed by atoms with Crippen molar-refractivity contribution in [3.8, 4) is 28.7 Å². The second kappa shape index (κ2) is 10.2. The lowest BCUT2D eigenvalue weighted by atomic mass is 9.93. The van der Waals surface area contributed by atoms with Gasteiger partial charge in [0.25, 0.3) is 0 Å². The topological polar surface area (TPSA) is 114 Å². The Kier molecular flexibility index (Phi) is 7.25. The fourth-order valence-electron chi connectivity index (χ4n) is 4.27. The molecule has 2 aliphatic heterocycles. The molecule has 4 rings (SSSR count). The third kappa shape index (κ3) is 4.90. The van der Waals surface area contributed by atoms with Crippen molar-refractivity contribution < 1.29 is 55.9 Å². The Hall–Kier alpha value is -3.87. The minimum Gasteiger partial charge on any atom is -0.493 e. The minimum absolute atomic E-state index is 0.00647. The Balaban J connectivity index is 1.72. The Morgan fingerprint density at radius 1 is 1.03 bits per heavy atom. The fourth-order valence-corrected chi connectivity index (χ4v) is 4.27. The third-order valence-electron chi connectivity index (χ3n) is 5.94. The number of ether oxygens (including phenoxy) is 7. The summed E-state index contributed by atoms with van der Waals surface area (Å²) >= 11 is 0. The molecule has 37 heavy (non-hydrogen) atoms. The summed E-state index contributed by atoms with van der Waals surface area (Å²) in [6, 6.07) is 4.86. The van der Waals surface area contributed by atoms with Crippen LogP contribution in [0.5, 0.6) is 28.7 Å². The number of rotatable bonds is 9. The smallest absolute Gasteiger partial charge is 0.471 e. The average molecular weight is 527 g/mol. The molecule has 2 aromatic rings. The molecule has 13 heteroatoms. The van der Waals surface area contributed by atoms with Gasteiger partial charge in [0.15, 0.2) is 23.0 Å². The molecular formula is C24H24F3NO9. The zero-order valence-corrected chi connectivity index (χ0v) is 20.3. The second-order valence-electron chi connectivity index (χ2n) is 7.95. The van der Waals surface area contributed by atoms with Crippen LogP contribution in [-0.4, -0.2) is 59.8 Å². The summed E-state index contributed by atoms with van der Waals surface area (Å²) in [5.41, 5.74) is 1.56. The van der Waals surface area contributed by atoms with Gasteiger partial charge in [-0.05, 0) is 24.1 Å². The molecule has 1 fully saturated rings. The maximum absolute atomic E-state index is 12.7. The third-order valence-corrected chi connectivity index (χ3v) is 5.94. The van der Waals surface area contributed by atoms with Gasteiger partial charge in [-0.2, -0.15) is 13.2 Å². The van der Waals surface area contributed by atoms with Crippen molar-refractivity contribution in [2.45, 2.75) is 24.8 Å². The maximum Gasteiger partial charge on any atom is 0.471 e.